The second-order valence-electron chi connectivity index (χ2n) is 4.61. The molecule has 1 saturated carbocycles. The molecular formula is C12H21N3S. The molecule has 0 aliphatic heterocycles. The maximum absolute atomic E-state index is 5.53. The van der Waals surface area contributed by atoms with Gasteiger partial charge in [-0.2, -0.15) is 0 Å². The molecule has 0 unspecified atom stereocenters. The molecule has 1 fully saturated rings. The van der Waals surface area contributed by atoms with Gasteiger partial charge in [-0.15, -0.1) is 21.5 Å². The van der Waals surface area contributed by atoms with E-state index in [1.807, 2.05) is 0 Å². The number of nitrogens with zero attached hydrogens (tertiary/aromatic N) is 2. The fourth-order valence-electron chi connectivity index (χ4n) is 2.36. The minimum Gasteiger partial charge on any atom is -0.330 e. The highest BCUT2D eigenvalue weighted by atomic mass is 32.1. The summed E-state index contributed by atoms with van der Waals surface area (Å²) in [5, 5.41) is 10.9. The van der Waals surface area contributed by atoms with Gasteiger partial charge >= 0.3 is 0 Å². The van der Waals surface area contributed by atoms with Crippen molar-refractivity contribution in [1.29, 1.82) is 0 Å². The lowest BCUT2D eigenvalue weighted by Gasteiger charge is -2.16. The molecule has 3 nitrogen and oxygen atoms in total. The normalized spacial score (nSPS) is 19.3. The zero-order valence-corrected chi connectivity index (χ0v) is 10.6. The molecule has 2 rings (SSSR count). The van der Waals surface area contributed by atoms with Crippen LogP contribution in [-0.4, -0.2) is 16.7 Å². The standard InChI is InChI=1S/C12H21N3S/c13-9-8-11-14-15-12(16-11)10-6-4-2-1-3-5-7-10/h10H,1-9,13H2. The Hall–Kier alpha value is -0.480. The van der Waals surface area contributed by atoms with Crippen molar-refractivity contribution >= 4 is 11.3 Å². The van der Waals surface area contributed by atoms with E-state index in [1.165, 1.54) is 50.0 Å². The Morgan fingerprint density at radius 3 is 2.44 bits per heavy atom. The van der Waals surface area contributed by atoms with Gasteiger partial charge in [-0.3, -0.25) is 0 Å². The van der Waals surface area contributed by atoms with Crippen molar-refractivity contribution in [2.75, 3.05) is 6.54 Å². The first-order valence-corrected chi connectivity index (χ1v) is 7.24. The van der Waals surface area contributed by atoms with Crippen molar-refractivity contribution in [3.05, 3.63) is 10.0 Å². The van der Waals surface area contributed by atoms with Gasteiger partial charge in [-0.1, -0.05) is 32.1 Å². The number of hydrogen-bond acceptors (Lipinski definition) is 4. The molecule has 0 spiro atoms. The van der Waals surface area contributed by atoms with Gasteiger partial charge in [0.25, 0.3) is 0 Å². The lowest BCUT2D eigenvalue weighted by Crippen LogP contribution is -2.01. The van der Waals surface area contributed by atoms with Crippen molar-refractivity contribution in [3.8, 4) is 0 Å². The van der Waals surface area contributed by atoms with Crippen LogP contribution in [0.25, 0.3) is 0 Å². The quantitative estimate of drug-likeness (QED) is 0.882. The summed E-state index contributed by atoms with van der Waals surface area (Å²) in [5.41, 5.74) is 5.53. The topological polar surface area (TPSA) is 51.8 Å². The molecule has 0 amide bonds. The second-order valence-corrected chi connectivity index (χ2v) is 5.71. The first-order valence-electron chi connectivity index (χ1n) is 6.42. The van der Waals surface area contributed by atoms with Crippen LogP contribution in [0, 0.1) is 0 Å². The third-order valence-corrected chi connectivity index (χ3v) is 4.44. The molecule has 2 N–H and O–H groups in total. The predicted molar refractivity (Wildman–Crippen MR) is 67.7 cm³/mol. The minimum absolute atomic E-state index is 0.671. The minimum atomic E-state index is 0.671. The molecule has 1 heterocycles. The third-order valence-electron chi connectivity index (χ3n) is 3.30. The fourth-order valence-corrected chi connectivity index (χ4v) is 3.39. The molecular weight excluding hydrogens is 218 g/mol. The first-order chi connectivity index (χ1) is 7.90. The van der Waals surface area contributed by atoms with Crippen molar-refractivity contribution in [2.45, 2.75) is 57.3 Å². The van der Waals surface area contributed by atoms with E-state index < -0.39 is 0 Å². The largest absolute Gasteiger partial charge is 0.330 e. The molecule has 1 aromatic rings. The van der Waals surface area contributed by atoms with Crippen molar-refractivity contribution in [1.82, 2.24) is 10.2 Å². The van der Waals surface area contributed by atoms with E-state index in [-0.39, 0.29) is 0 Å². The molecule has 4 heteroatoms. The van der Waals surface area contributed by atoms with Gasteiger partial charge in [0, 0.05) is 12.3 Å². The second kappa shape index (κ2) is 6.30. The highest BCUT2D eigenvalue weighted by Crippen LogP contribution is 2.32. The Labute approximate surface area is 101 Å². The van der Waals surface area contributed by atoms with Crippen LogP contribution >= 0.6 is 11.3 Å². The predicted octanol–water partition coefficient (Wildman–Crippen LogP) is 2.87. The number of nitrogens with two attached hydrogens (primary N) is 1. The average molecular weight is 239 g/mol. The van der Waals surface area contributed by atoms with Gasteiger partial charge in [0.1, 0.15) is 10.0 Å². The van der Waals surface area contributed by atoms with Crippen LogP contribution in [0.4, 0.5) is 0 Å². The summed E-state index contributed by atoms with van der Waals surface area (Å²) in [4.78, 5) is 0. The number of aromatic nitrogens is 2. The Balaban J connectivity index is 1.97. The van der Waals surface area contributed by atoms with Crippen molar-refractivity contribution < 1.29 is 0 Å². The fraction of sp³-hybridized carbons (Fsp3) is 0.833. The molecule has 0 atom stereocenters. The van der Waals surface area contributed by atoms with Crippen LogP contribution in [0.2, 0.25) is 0 Å². The Bertz CT molecular complexity index is 303. The SMILES string of the molecule is NCCc1nnc(C2CCCCCCC2)s1. The average Bonchev–Trinajstić information content (AvgIpc) is 2.66. The highest BCUT2D eigenvalue weighted by molar-refractivity contribution is 7.11. The van der Waals surface area contributed by atoms with E-state index in [2.05, 4.69) is 10.2 Å². The van der Waals surface area contributed by atoms with Crippen LogP contribution in [0.1, 0.15) is 60.9 Å². The van der Waals surface area contributed by atoms with E-state index in [9.17, 15) is 0 Å². The zero-order valence-electron chi connectivity index (χ0n) is 9.82. The number of hydrogen-bond donors (Lipinski definition) is 1. The van der Waals surface area contributed by atoms with E-state index in [0.29, 0.717) is 12.5 Å². The Morgan fingerprint density at radius 2 is 1.75 bits per heavy atom. The van der Waals surface area contributed by atoms with Gasteiger partial charge in [0.15, 0.2) is 0 Å². The van der Waals surface area contributed by atoms with Gasteiger partial charge in [-0.25, -0.2) is 0 Å². The maximum atomic E-state index is 5.53. The lowest BCUT2D eigenvalue weighted by molar-refractivity contribution is 0.453. The maximum Gasteiger partial charge on any atom is 0.120 e. The molecule has 1 aromatic heterocycles. The monoisotopic (exact) mass is 239 g/mol. The highest BCUT2D eigenvalue weighted by Gasteiger charge is 2.17. The Morgan fingerprint density at radius 1 is 1.06 bits per heavy atom. The summed E-state index contributed by atoms with van der Waals surface area (Å²) in [5.74, 6) is 0.671. The van der Waals surface area contributed by atoms with Crippen LogP contribution in [0.15, 0.2) is 0 Å². The lowest BCUT2D eigenvalue weighted by atomic mass is 9.92. The summed E-state index contributed by atoms with van der Waals surface area (Å²) in [7, 11) is 0. The van der Waals surface area contributed by atoms with Crippen LogP contribution < -0.4 is 5.73 Å². The van der Waals surface area contributed by atoms with Crippen LogP contribution in [0.5, 0.6) is 0 Å². The zero-order chi connectivity index (χ0) is 11.2. The third kappa shape index (κ3) is 3.25. The van der Waals surface area contributed by atoms with Gasteiger partial charge in [0.2, 0.25) is 0 Å². The van der Waals surface area contributed by atoms with E-state index >= 15 is 0 Å². The van der Waals surface area contributed by atoms with E-state index in [1.54, 1.807) is 11.3 Å². The molecule has 0 saturated heterocycles. The van der Waals surface area contributed by atoms with Crippen LogP contribution in [0.3, 0.4) is 0 Å². The summed E-state index contributed by atoms with van der Waals surface area (Å²) < 4.78 is 0. The molecule has 90 valence electrons. The molecule has 1 aliphatic carbocycles. The van der Waals surface area contributed by atoms with Crippen molar-refractivity contribution in [2.24, 2.45) is 5.73 Å². The molecule has 16 heavy (non-hydrogen) atoms. The van der Waals surface area contributed by atoms with Crippen molar-refractivity contribution in [3.63, 3.8) is 0 Å². The smallest absolute Gasteiger partial charge is 0.120 e. The summed E-state index contributed by atoms with van der Waals surface area (Å²) >= 11 is 1.78. The Kier molecular flexibility index (Phi) is 4.72. The van der Waals surface area contributed by atoms with Crippen LogP contribution in [-0.2, 0) is 6.42 Å². The molecule has 0 aromatic carbocycles. The summed E-state index contributed by atoms with van der Waals surface area (Å²) in [6, 6.07) is 0. The molecule has 0 radical (unpaired) electrons. The molecule has 1 aliphatic rings. The first kappa shape index (κ1) is 12.0. The number of rotatable bonds is 3. The van der Waals surface area contributed by atoms with E-state index in [0.717, 1.165) is 11.4 Å². The van der Waals surface area contributed by atoms with Gasteiger partial charge in [0.05, 0.1) is 0 Å². The van der Waals surface area contributed by atoms with Gasteiger partial charge < -0.3 is 5.73 Å². The molecule has 0 bridgehead atoms. The van der Waals surface area contributed by atoms with Gasteiger partial charge in [-0.05, 0) is 19.4 Å². The van der Waals surface area contributed by atoms with E-state index in [4.69, 9.17) is 5.73 Å². The summed E-state index contributed by atoms with van der Waals surface area (Å²) in [6.07, 6.45) is 10.4. The summed E-state index contributed by atoms with van der Waals surface area (Å²) in [6.45, 7) is 0.680.